The van der Waals surface area contributed by atoms with Gasteiger partial charge in [0.15, 0.2) is 0 Å². The second-order valence-electron chi connectivity index (χ2n) is 2.53. The number of carbonyl (C=O) groups is 1. The Morgan fingerprint density at radius 1 is 1.45 bits per heavy atom. The molecule has 0 aromatic heterocycles. The van der Waals surface area contributed by atoms with Gasteiger partial charge in [-0.1, -0.05) is 13.8 Å². The summed E-state index contributed by atoms with van der Waals surface area (Å²) in [7, 11) is 0. The molecule has 0 saturated carbocycles. The minimum atomic E-state index is -0.569. The van der Waals surface area contributed by atoms with Crippen LogP contribution in [0.5, 0.6) is 0 Å². The third kappa shape index (κ3) is 7.90. The zero-order valence-corrected chi connectivity index (χ0v) is 8.96. The van der Waals surface area contributed by atoms with E-state index in [0.717, 1.165) is 6.42 Å². The molecule has 66 valence electrons. The Bertz CT molecular complexity index is 114. The minimum absolute atomic E-state index is 0.346. The molecule has 0 N–H and O–H groups in total. The molecule has 0 unspecified atom stereocenters. The Morgan fingerprint density at radius 2 is 2.09 bits per heavy atom. The molecular weight excluding hydrogens is 259 g/mol. The molecule has 0 heterocycles. The molecule has 0 radical (unpaired) electrons. The van der Waals surface area contributed by atoms with E-state index in [1.54, 1.807) is 0 Å². The van der Waals surface area contributed by atoms with Crippen LogP contribution in [-0.4, -0.2) is 17.4 Å². The van der Waals surface area contributed by atoms with E-state index in [1.807, 2.05) is 22.6 Å². The van der Waals surface area contributed by atoms with Gasteiger partial charge in [0.1, 0.15) is 4.61 Å². The predicted octanol–water partition coefficient (Wildman–Crippen LogP) is 2.58. The highest BCUT2D eigenvalue weighted by Gasteiger charge is 2.02. The maximum Gasteiger partial charge on any atom is 0.509 e. The molecule has 0 rings (SSSR count). The van der Waals surface area contributed by atoms with Gasteiger partial charge in [0.2, 0.25) is 0 Å². The second-order valence-corrected chi connectivity index (χ2v) is 3.16. The normalized spacial score (nSPS) is 9.82. The molecule has 0 aliphatic heterocycles. The number of alkyl halides is 1. The highest BCUT2D eigenvalue weighted by Crippen LogP contribution is 2.00. The first kappa shape index (κ1) is 11.0. The lowest BCUT2D eigenvalue weighted by molar-refractivity contribution is 0.0674. The molecule has 0 spiro atoms. The van der Waals surface area contributed by atoms with Crippen LogP contribution >= 0.6 is 22.6 Å². The Morgan fingerprint density at radius 3 is 2.55 bits per heavy atom. The van der Waals surface area contributed by atoms with Crippen molar-refractivity contribution in [1.82, 2.24) is 0 Å². The summed E-state index contributed by atoms with van der Waals surface area (Å²) < 4.78 is 9.62. The van der Waals surface area contributed by atoms with E-state index >= 15 is 0 Å². The largest absolute Gasteiger partial charge is 0.509 e. The van der Waals surface area contributed by atoms with Gasteiger partial charge in [-0.3, -0.25) is 0 Å². The number of hydrogen-bond acceptors (Lipinski definition) is 3. The molecule has 0 aromatic rings. The fourth-order valence-corrected chi connectivity index (χ4v) is 0.718. The Kier molecular flexibility index (Phi) is 6.69. The molecule has 3 nitrogen and oxygen atoms in total. The van der Waals surface area contributed by atoms with Gasteiger partial charge < -0.3 is 9.47 Å². The summed E-state index contributed by atoms with van der Waals surface area (Å²) >= 11 is 1.94. The van der Waals surface area contributed by atoms with Crippen molar-refractivity contribution < 1.29 is 14.3 Å². The van der Waals surface area contributed by atoms with E-state index < -0.39 is 6.16 Å². The standard InChI is InChI=1S/C7H13IO3/c1-6(2)3-4-10-7(9)11-5-8/h6H,3-5H2,1-2H3. The number of halogens is 1. The number of rotatable bonds is 4. The van der Waals surface area contributed by atoms with Gasteiger partial charge in [-0.05, 0) is 34.9 Å². The van der Waals surface area contributed by atoms with Crippen LogP contribution in [0.1, 0.15) is 20.3 Å². The molecule has 0 amide bonds. The van der Waals surface area contributed by atoms with Gasteiger partial charge in [-0.2, -0.15) is 0 Å². The predicted molar refractivity (Wildman–Crippen MR) is 50.8 cm³/mol. The zero-order valence-electron chi connectivity index (χ0n) is 6.80. The molecular formula is C7H13IO3. The first-order valence-corrected chi connectivity index (χ1v) is 5.05. The summed E-state index contributed by atoms with van der Waals surface area (Å²) in [6, 6.07) is 0. The van der Waals surface area contributed by atoms with Gasteiger partial charge in [0, 0.05) is 0 Å². The molecule has 11 heavy (non-hydrogen) atoms. The van der Waals surface area contributed by atoms with Crippen LogP contribution in [0.4, 0.5) is 4.79 Å². The molecule has 0 bridgehead atoms. The van der Waals surface area contributed by atoms with Crippen LogP contribution in [0, 0.1) is 5.92 Å². The fourth-order valence-electron chi connectivity index (χ4n) is 0.464. The van der Waals surface area contributed by atoms with Gasteiger partial charge in [0.25, 0.3) is 0 Å². The average molecular weight is 272 g/mol. The summed E-state index contributed by atoms with van der Waals surface area (Å²) in [6.07, 6.45) is 0.316. The summed E-state index contributed by atoms with van der Waals surface area (Å²) in [5.41, 5.74) is 0. The Balaban J connectivity index is 3.17. The number of carbonyl (C=O) groups excluding carboxylic acids is 1. The first-order chi connectivity index (χ1) is 5.16. The molecule has 0 aromatic carbocycles. The van der Waals surface area contributed by atoms with E-state index in [2.05, 4.69) is 18.6 Å². The average Bonchev–Trinajstić information content (AvgIpc) is 1.87. The van der Waals surface area contributed by atoms with Crippen LogP contribution < -0.4 is 0 Å². The SMILES string of the molecule is CC(C)CCOC(=O)OCI. The first-order valence-electron chi connectivity index (χ1n) is 3.52. The monoisotopic (exact) mass is 272 g/mol. The lowest BCUT2D eigenvalue weighted by Gasteiger charge is -2.05. The van der Waals surface area contributed by atoms with Crippen LogP contribution in [0.2, 0.25) is 0 Å². The lowest BCUT2D eigenvalue weighted by atomic mass is 10.1. The van der Waals surface area contributed by atoms with Gasteiger partial charge >= 0.3 is 6.16 Å². The van der Waals surface area contributed by atoms with Crippen LogP contribution in [0.3, 0.4) is 0 Å². The topological polar surface area (TPSA) is 35.5 Å². The van der Waals surface area contributed by atoms with E-state index in [1.165, 1.54) is 0 Å². The Labute approximate surface area is 80.6 Å². The van der Waals surface area contributed by atoms with Gasteiger partial charge in [-0.15, -0.1) is 0 Å². The number of hydrogen-bond donors (Lipinski definition) is 0. The summed E-state index contributed by atoms with van der Waals surface area (Å²) in [5.74, 6) is 0.558. The summed E-state index contributed by atoms with van der Waals surface area (Å²) in [6.45, 7) is 4.60. The molecule has 4 heteroatoms. The van der Waals surface area contributed by atoms with Crippen molar-refractivity contribution in [1.29, 1.82) is 0 Å². The van der Waals surface area contributed by atoms with Crippen molar-refractivity contribution >= 4 is 28.7 Å². The quantitative estimate of drug-likeness (QED) is 0.448. The van der Waals surface area contributed by atoms with E-state index in [9.17, 15) is 4.79 Å². The van der Waals surface area contributed by atoms with Gasteiger partial charge in [-0.25, -0.2) is 4.79 Å². The van der Waals surface area contributed by atoms with E-state index in [0.29, 0.717) is 17.1 Å². The lowest BCUT2D eigenvalue weighted by Crippen LogP contribution is -2.08. The molecule has 0 fully saturated rings. The maximum atomic E-state index is 10.6. The van der Waals surface area contributed by atoms with Crippen molar-refractivity contribution in [3.63, 3.8) is 0 Å². The minimum Gasteiger partial charge on any atom is -0.434 e. The number of ether oxygens (including phenoxy) is 2. The van der Waals surface area contributed by atoms with Crippen LogP contribution in [0.25, 0.3) is 0 Å². The zero-order chi connectivity index (χ0) is 8.69. The highest BCUT2D eigenvalue weighted by atomic mass is 127. The maximum absolute atomic E-state index is 10.6. The van der Waals surface area contributed by atoms with Crippen molar-refractivity contribution in [2.45, 2.75) is 20.3 Å². The molecule has 0 aliphatic carbocycles. The second kappa shape index (κ2) is 6.69. The summed E-state index contributed by atoms with van der Waals surface area (Å²) in [4.78, 5) is 10.6. The third-order valence-electron chi connectivity index (χ3n) is 1.09. The van der Waals surface area contributed by atoms with Crippen molar-refractivity contribution in [2.75, 3.05) is 11.2 Å². The molecule has 0 saturated heterocycles. The van der Waals surface area contributed by atoms with Crippen molar-refractivity contribution in [3.05, 3.63) is 0 Å². The van der Waals surface area contributed by atoms with E-state index in [-0.39, 0.29) is 0 Å². The smallest absolute Gasteiger partial charge is 0.434 e. The fraction of sp³-hybridized carbons (Fsp3) is 0.857. The molecule has 0 aliphatic rings. The van der Waals surface area contributed by atoms with Crippen molar-refractivity contribution in [2.24, 2.45) is 5.92 Å². The molecule has 0 atom stereocenters. The Hall–Kier alpha value is 0. The third-order valence-corrected chi connectivity index (χ3v) is 1.40. The van der Waals surface area contributed by atoms with E-state index in [4.69, 9.17) is 4.74 Å². The van der Waals surface area contributed by atoms with Crippen molar-refractivity contribution in [3.8, 4) is 0 Å². The highest BCUT2D eigenvalue weighted by molar-refractivity contribution is 14.1. The van der Waals surface area contributed by atoms with Crippen LogP contribution in [-0.2, 0) is 9.47 Å². The van der Waals surface area contributed by atoms with Crippen LogP contribution in [0.15, 0.2) is 0 Å². The van der Waals surface area contributed by atoms with Gasteiger partial charge in [0.05, 0.1) is 6.61 Å². The summed E-state index contributed by atoms with van der Waals surface area (Å²) in [5, 5.41) is 0.